The van der Waals surface area contributed by atoms with E-state index in [1.54, 1.807) is 0 Å². The normalized spacial score (nSPS) is 14.5. The van der Waals surface area contributed by atoms with Crippen LogP contribution in [0.3, 0.4) is 0 Å². The van der Waals surface area contributed by atoms with Crippen LogP contribution in [0.1, 0.15) is 49.9 Å². The molecule has 0 N–H and O–H groups in total. The Labute approximate surface area is 340 Å². The van der Waals surface area contributed by atoms with Crippen LogP contribution in [0, 0.1) is 0 Å². The molecule has 0 radical (unpaired) electrons. The van der Waals surface area contributed by atoms with Crippen LogP contribution in [0.15, 0.2) is 182 Å². The fourth-order valence-electron chi connectivity index (χ4n) is 10.8. The summed E-state index contributed by atoms with van der Waals surface area (Å²) in [5.74, 6) is 0. The molecule has 12 rings (SSSR count). The first-order valence-electron chi connectivity index (χ1n) is 20.7. The molecule has 0 fully saturated rings. The minimum absolute atomic E-state index is 0.0198. The lowest BCUT2D eigenvalue weighted by Gasteiger charge is -2.24. The lowest BCUT2D eigenvalue weighted by atomic mass is 9.79. The van der Waals surface area contributed by atoms with Crippen molar-refractivity contribution in [3.8, 4) is 66.8 Å². The first-order chi connectivity index (χ1) is 28.3. The Kier molecular flexibility index (Phi) is 6.84. The Morgan fingerprint density at radius 2 is 0.741 bits per heavy atom. The number of hydrogen-bond donors (Lipinski definition) is 0. The molecule has 0 bridgehead atoms. The van der Waals surface area contributed by atoms with Crippen molar-refractivity contribution >= 4 is 32.3 Å². The first kappa shape index (κ1) is 33.4. The highest BCUT2D eigenvalue weighted by Gasteiger charge is 2.41. The Morgan fingerprint density at radius 3 is 1.47 bits per heavy atom. The van der Waals surface area contributed by atoms with Crippen LogP contribution in [0.2, 0.25) is 0 Å². The molecular weight excluding hydrogens is 697 g/mol. The van der Waals surface area contributed by atoms with Crippen LogP contribution in [0.5, 0.6) is 0 Å². The lowest BCUT2D eigenvalue weighted by molar-refractivity contribution is 0.652. The number of benzene rings is 10. The van der Waals surface area contributed by atoms with Gasteiger partial charge in [0.05, 0.1) is 0 Å². The van der Waals surface area contributed by atoms with Crippen LogP contribution in [0.25, 0.3) is 99.1 Å². The van der Waals surface area contributed by atoms with E-state index in [-0.39, 0.29) is 10.8 Å². The van der Waals surface area contributed by atoms with Gasteiger partial charge in [0.25, 0.3) is 0 Å². The molecule has 0 saturated carbocycles. The van der Waals surface area contributed by atoms with E-state index >= 15 is 0 Å². The summed E-state index contributed by atoms with van der Waals surface area (Å²) in [4.78, 5) is 0. The zero-order valence-corrected chi connectivity index (χ0v) is 33.3. The van der Waals surface area contributed by atoms with Crippen molar-refractivity contribution in [1.82, 2.24) is 0 Å². The summed E-state index contributed by atoms with van der Waals surface area (Å²) in [6, 6.07) is 68.6. The lowest BCUT2D eigenvalue weighted by Crippen LogP contribution is -2.17. The molecule has 10 aromatic carbocycles. The van der Waals surface area contributed by atoms with Crippen LogP contribution < -0.4 is 0 Å². The molecular formula is C58H42. The third kappa shape index (κ3) is 4.58. The van der Waals surface area contributed by atoms with Gasteiger partial charge in [0, 0.05) is 10.8 Å². The molecule has 0 saturated heterocycles. The SMILES string of the molecule is CC1(C)c2ccccc2-c2cc3c(cc21)-c1ccc(-c2cccc(-c4ccccc4-c4ccc5ccc6c(-c7ccccc7)ccc7ccc4c5c76)c2)cc1C3(C)C. The summed E-state index contributed by atoms with van der Waals surface area (Å²) in [5.41, 5.74) is 21.1. The van der Waals surface area contributed by atoms with Crippen molar-refractivity contribution in [2.45, 2.75) is 38.5 Å². The third-order valence-corrected chi connectivity index (χ3v) is 13.9. The van der Waals surface area contributed by atoms with E-state index in [0.29, 0.717) is 0 Å². The predicted octanol–water partition coefficient (Wildman–Crippen LogP) is 15.9. The highest BCUT2D eigenvalue weighted by molar-refractivity contribution is 6.27. The molecule has 0 amide bonds. The van der Waals surface area contributed by atoms with E-state index in [1.807, 2.05) is 0 Å². The molecule has 0 nitrogen and oxygen atoms in total. The van der Waals surface area contributed by atoms with Gasteiger partial charge in [-0.25, -0.2) is 0 Å². The van der Waals surface area contributed by atoms with Crippen molar-refractivity contribution in [2.75, 3.05) is 0 Å². The predicted molar refractivity (Wildman–Crippen MR) is 247 cm³/mol. The van der Waals surface area contributed by atoms with Crippen molar-refractivity contribution in [1.29, 1.82) is 0 Å². The largest absolute Gasteiger partial charge is 0.0622 e. The van der Waals surface area contributed by atoms with Gasteiger partial charge in [0.2, 0.25) is 0 Å². The van der Waals surface area contributed by atoms with Crippen molar-refractivity contribution in [3.05, 3.63) is 204 Å². The maximum Gasteiger partial charge on any atom is 0.0159 e. The van der Waals surface area contributed by atoms with Gasteiger partial charge in [0.1, 0.15) is 0 Å². The molecule has 2 aliphatic rings. The van der Waals surface area contributed by atoms with Crippen LogP contribution in [-0.2, 0) is 10.8 Å². The second-order valence-electron chi connectivity index (χ2n) is 17.6. The maximum atomic E-state index is 2.51. The Balaban J connectivity index is 0.961. The average Bonchev–Trinajstić information content (AvgIpc) is 3.63. The molecule has 274 valence electrons. The molecule has 10 aromatic rings. The van der Waals surface area contributed by atoms with E-state index in [0.717, 1.165) is 0 Å². The van der Waals surface area contributed by atoms with E-state index in [4.69, 9.17) is 0 Å². The average molecular weight is 739 g/mol. The number of hydrogen-bond acceptors (Lipinski definition) is 0. The van der Waals surface area contributed by atoms with Gasteiger partial charge in [-0.3, -0.25) is 0 Å². The summed E-state index contributed by atoms with van der Waals surface area (Å²) in [7, 11) is 0. The summed E-state index contributed by atoms with van der Waals surface area (Å²) < 4.78 is 0. The van der Waals surface area contributed by atoms with Crippen LogP contribution in [0.4, 0.5) is 0 Å². The summed E-state index contributed by atoms with van der Waals surface area (Å²) in [5, 5.41) is 7.85. The molecule has 0 heterocycles. The zero-order valence-electron chi connectivity index (χ0n) is 33.3. The van der Waals surface area contributed by atoms with Gasteiger partial charge in [0.15, 0.2) is 0 Å². The Bertz CT molecular complexity index is 3320. The van der Waals surface area contributed by atoms with E-state index in [9.17, 15) is 0 Å². The second kappa shape index (κ2) is 11.9. The summed E-state index contributed by atoms with van der Waals surface area (Å²) >= 11 is 0. The zero-order chi connectivity index (χ0) is 38.9. The molecule has 0 atom stereocenters. The van der Waals surface area contributed by atoms with Gasteiger partial charge in [-0.1, -0.05) is 185 Å². The molecule has 0 unspecified atom stereocenters. The quantitative estimate of drug-likeness (QED) is 0.158. The maximum absolute atomic E-state index is 2.51. The van der Waals surface area contributed by atoms with Gasteiger partial charge < -0.3 is 0 Å². The van der Waals surface area contributed by atoms with E-state index < -0.39 is 0 Å². The topological polar surface area (TPSA) is 0 Å². The van der Waals surface area contributed by atoms with Crippen LogP contribution in [-0.4, -0.2) is 0 Å². The molecule has 0 spiro atoms. The summed E-state index contributed by atoms with van der Waals surface area (Å²) in [6.07, 6.45) is 0. The standard InChI is InChI=1S/C58H42/c1-57(2)51-20-11-10-19-45(51)49-33-54-50(34-53(49)57)46-28-25-39(32-52(46)58(54,3)4)38-15-12-16-40(31-38)41-17-8-9-18-43(41)44-27-22-37-23-29-47-42(35-13-6-5-7-14-35)26-21-36-24-30-48(44)56(37)55(36)47/h5-34H,1-4H3. The highest BCUT2D eigenvalue weighted by Crippen LogP contribution is 2.56. The molecule has 0 aromatic heterocycles. The smallest absolute Gasteiger partial charge is 0.0159 e. The van der Waals surface area contributed by atoms with Gasteiger partial charge >= 0.3 is 0 Å². The van der Waals surface area contributed by atoms with E-state index in [1.165, 1.54) is 121 Å². The van der Waals surface area contributed by atoms with Crippen LogP contribution >= 0.6 is 0 Å². The monoisotopic (exact) mass is 738 g/mol. The van der Waals surface area contributed by atoms with Crippen molar-refractivity contribution in [2.24, 2.45) is 0 Å². The van der Waals surface area contributed by atoms with Gasteiger partial charge in [-0.05, 0) is 146 Å². The van der Waals surface area contributed by atoms with Crippen molar-refractivity contribution < 1.29 is 0 Å². The highest BCUT2D eigenvalue weighted by atomic mass is 14.4. The number of rotatable bonds is 4. The number of fused-ring (bicyclic) bond motifs is 6. The van der Waals surface area contributed by atoms with Crippen molar-refractivity contribution in [3.63, 3.8) is 0 Å². The minimum atomic E-state index is -0.113. The van der Waals surface area contributed by atoms with Gasteiger partial charge in [-0.15, -0.1) is 0 Å². The first-order valence-corrected chi connectivity index (χ1v) is 20.7. The Morgan fingerprint density at radius 1 is 0.259 bits per heavy atom. The second-order valence-corrected chi connectivity index (χ2v) is 17.6. The molecule has 58 heavy (non-hydrogen) atoms. The summed E-state index contributed by atoms with van der Waals surface area (Å²) in [6.45, 7) is 9.58. The van der Waals surface area contributed by atoms with Gasteiger partial charge in [-0.2, -0.15) is 0 Å². The fourth-order valence-corrected chi connectivity index (χ4v) is 10.8. The molecule has 0 aliphatic heterocycles. The molecule has 0 heteroatoms. The van der Waals surface area contributed by atoms with E-state index in [2.05, 4.69) is 210 Å². The molecule has 2 aliphatic carbocycles. The fraction of sp³-hybridized carbons (Fsp3) is 0.103. The third-order valence-electron chi connectivity index (χ3n) is 13.9. The minimum Gasteiger partial charge on any atom is -0.0622 e. The Hall–Kier alpha value is -6.76.